The van der Waals surface area contributed by atoms with Gasteiger partial charge in [0.2, 0.25) is 0 Å². The monoisotopic (exact) mass is 344 g/mol. The fourth-order valence-electron chi connectivity index (χ4n) is 2.96. The highest BCUT2D eigenvalue weighted by Gasteiger charge is 2.28. The number of benzene rings is 2. The molecule has 0 aromatic heterocycles. The SMILES string of the molecule is COC(=O)c1cccc(C2CC2)c1COc1cc(Cl)c(C)cc1C. The summed E-state index contributed by atoms with van der Waals surface area (Å²) < 4.78 is 10.9. The summed E-state index contributed by atoms with van der Waals surface area (Å²) in [4.78, 5) is 12.1. The molecule has 0 unspecified atom stereocenters. The Morgan fingerprint density at radius 1 is 1.21 bits per heavy atom. The van der Waals surface area contributed by atoms with Gasteiger partial charge in [0.1, 0.15) is 12.4 Å². The summed E-state index contributed by atoms with van der Waals surface area (Å²) in [7, 11) is 1.40. The topological polar surface area (TPSA) is 35.5 Å². The Kier molecular flexibility index (Phi) is 4.81. The molecule has 1 aliphatic carbocycles. The van der Waals surface area contributed by atoms with Crippen LogP contribution in [0.2, 0.25) is 5.02 Å². The first-order valence-electron chi connectivity index (χ1n) is 8.11. The van der Waals surface area contributed by atoms with Crippen LogP contribution in [0.15, 0.2) is 30.3 Å². The molecule has 0 N–H and O–H groups in total. The third kappa shape index (κ3) is 3.41. The standard InChI is InChI=1S/C20H21ClO3/c1-12-9-13(2)19(10-18(12)21)24-11-17-15(14-7-8-14)5-4-6-16(17)20(22)23-3/h4-6,9-10,14H,7-8,11H2,1-3H3. The number of methoxy groups -OCH3 is 1. The molecular formula is C20H21ClO3. The first kappa shape index (κ1) is 16.8. The second kappa shape index (κ2) is 6.86. The molecule has 0 saturated heterocycles. The van der Waals surface area contributed by atoms with Crippen molar-refractivity contribution in [3.8, 4) is 5.75 Å². The van der Waals surface area contributed by atoms with Gasteiger partial charge < -0.3 is 9.47 Å². The van der Waals surface area contributed by atoms with Crippen LogP contribution in [0.25, 0.3) is 0 Å². The number of rotatable bonds is 5. The highest BCUT2D eigenvalue weighted by molar-refractivity contribution is 6.31. The predicted octanol–water partition coefficient (Wildman–Crippen LogP) is 5.20. The molecule has 4 heteroatoms. The molecule has 0 bridgehead atoms. The van der Waals surface area contributed by atoms with Gasteiger partial charge in [-0.3, -0.25) is 0 Å². The van der Waals surface area contributed by atoms with Crippen molar-refractivity contribution in [3.05, 3.63) is 63.2 Å². The average molecular weight is 345 g/mol. The van der Waals surface area contributed by atoms with Crippen LogP contribution in [0, 0.1) is 13.8 Å². The lowest BCUT2D eigenvalue weighted by molar-refractivity contribution is 0.0597. The summed E-state index contributed by atoms with van der Waals surface area (Å²) in [5.41, 5.74) is 4.74. The molecule has 1 fully saturated rings. The maximum absolute atomic E-state index is 12.1. The van der Waals surface area contributed by atoms with Gasteiger partial charge in [-0.2, -0.15) is 0 Å². The summed E-state index contributed by atoms with van der Waals surface area (Å²) in [5.74, 6) is 0.942. The van der Waals surface area contributed by atoms with Crippen molar-refractivity contribution in [2.24, 2.45) is 0 Å². The van der Waals surface area contributed by atoms with Crippen LogP contribution < -0.4 is 4.74 Å². The quantitative estimate of drug-likeness (QED) is 0.699. The molecule has 3 nitrogen and oxygen atoms in total. The van der Waals surface area contributed by atoms with Crippen molar-refractivity contribution in [2.45, 2.75) is 39.2 Å². The largest absolute Gasteiger partial charge is 0.489 e. The average Bonchev–Trinajstić information content (AvgIpc) is 3.41. The van der Waals surface area contributed by atoms with Crippen LogP contribution in [0.3, 0.4) is 0 Å². The molecule has 0 amide bonds. The van der Waals surface area contributed by atoms with Crippen molar-refractivity contribution in [2.75, 3.05) is 7.11 Å². The third-order valence-corrected chi connectivity index (χ3v) is 4.87. The van der Waals surface area contributed by atoms with Gasteiger partial charge in [-0.25, -0.2) is 4.79 Å². The minimum atomic E-state index is -0.324. The van der Waals surface area contributed by atoms with Gasteiger partial charge in [0.05, 0.1) is 12.7 Å². The number of carbonyl (C=O) groups excluding carboxylic acids is 1. The highest BCUT2D eigenvalue weighted by atomic mass is 35.5. The Labute approximate surface area is 147 Å². The van der Waals surface area contributed by atoms with Crippen LogP contribution in [0.4, 0.5) is 0 Å². The lowest BCUT2D eigenvalue weighted by Crippen LogP contribution is -2.11. The lowest BCUT2D eigenvalue weighted by atomic mass is 9.98. The molecule has 0 spiro atoms. The van der Waals surface area contributed by atoms with E-state index in [1.165, 1.54) is 12.7 Å². The van der Waals surface area contributed by atoms with E-state index in [9.17, 15) is 4.79 Å². The van der Waals surface area contributed by atoms with E-state index >= 15 is 0 Å². The molecule has 0 atom stereocenters. The summed E-state index contributed by atoms with van der Waals surface area (Å²) in [6.07, 6.45) is 2.32. The molecule has 1 saturated carbocycles. The van der Waals surface area contributed by atoms with Crippen LogP contribution >= 0.6 is 11.6 Å². The second-order valence-electron chi connectivity index (χ2n) is 6.29. The zero-order chi connectivity index (χ0) is 17.3. The van der Waals surface area contributed by atoms with E-state index < -0.39 is 0 Å². The maximum atomic E-state index is 12.1. The van der Waals surface area contributed by atoms with E-state index in [4.69, 9.17) is 21.1 Å². The van der Waals surface area contributed by atoms with Crippen molar-refractivity contribution in [3.63, 3.8) is 0 Å². The Morgan fingerprint density at radius 2 is 1.96 bits per heavy atom. The zero-order valence-corrected chi connectivity index (χ0v) is 14.9. The molecule has 0 heterocycles. The van der Waals surface area contributed by atoms with Gasteiger partial charge in [-0.15, -0.1) is 0 Å². The first-order chi connectivity index (χ1) is 11.5. The predicted molar refractivity (Wildman–Crippen MR) is 95.0 cm³/mol. The molecule has 0 aliphatic heterocycles. The van der Waals surface area contributed by atoms with E-state index in [-0.39, 0.29) is 5.97 Å². The van der Waals surface area contributed by atoms with E-state index in [2.05, 4.69) is 6.07 Å². The fourth-order valence-corrected chi connectivity index (χ4v) is 3.11. The molecule has 24 heavy (non-hydrogen) atoms. The van der Waals surface area contributed by atoms with Gasteiger partial charge >= 0.3 is 5.97 Å². The molecule has 2 aromatic carbocycles. The Bertz CT molecular complexity index is 779. The van der Waals surface area contributed by atoms with Crippen molar-refractivity contribution in [1.82, 2.24) is 0 Å². The number of hydrogen-bond donors (Lipinski definition) is 0. The van der Waals surface area contributed by atoms with Gasteiger partial charge in [0, 0.05) is 10.6 Å². The molecule has 0 radical (unpaired) electrons. The number of aryl methyl sites for hydroxylation is 2. The van der Waals surface area contributed by atoms with Gasteiger partial charge in [-0.1, -0.05) is 29.8 Å². The number of carbonyl (C=O) groups is 1. The van der Waals surface area contributed by atoms with E-state index in [0.717, 1.165) is 35.3 Å². The lowest BCUT2D eigenvalue weighted by Gasteiger charge is -2.16. The second-order valence-corrected chi connectivity index (χ2v) is 6.70. The summed E-state index contributed by atoms with van der Waals surface area (Å²) in [6, 6.07) is 9.63. The van der Waals surface area contributed by atoms with Crippen molar-refractivity contribution in [1.29, 1.82) is 0 Å². The summed E-state index contributed by atoms with van der Waals surface area (Å²) in [6.45, 7) is 4.29. The molecule has 2 aromatic rings. The Balaban J connectivity index is 1.92. The third-order valence-electron chi connectivity index (χ3n) is 4.46. The maximum Gasteiger partial charge on any atom is 0.338 e. The van der Waals surface area contributed by atoms with Gasteiger partial charge in [0.25, 0.3) is 0 Å². The zero-order valence-electron chi connectivity index (χ0n) is 14.2. The minimum Gasteiger partial charge on any atom is -0.489 e. The van der Waals surface area contributed by atoms with Crippen LogP contribution in [0.1, 0.15) is 51.4 Å². The molecular weight excluding hydrogens is 324 g/mol. The van der Waals surface area contributed by atoms with Gasteiger partial charge in [0.15, 0.2) is 0 Å². The molecule has 126 valence electrons. The fraction of sp³-hybridized carbons (Fsp3) is 0.350. The van der Waals surface area contributed by atoms with Gasteiger partial charge in [-0.05, 0) is 61.4 Å². The number of esters is 1. The van der Waals surface area contributed by atoms with Crippen LogP contribution in [-0.2, 0) is 11.3 Å². The molecule has 1 aliphatic rings. The van der Waals surface area contributed by atoms with E-state index in [1.54, 1.807) is 6.07 Å². The molecule has 3 rings (SSSR count). The number of ether oxygens (including phenoxy) is 2. The van der Waals surface area contributed by atoms with E-state index in [0.29, 0.717) is 23.1 Å². The Morgan fingerprint density at radius 3 is 2.62 bits per heavy atom. The minimum absolute atomic E-state index is 0.324. The van der Waals surface area contributed by atoms with Crippen LogP contribution in [-0.4, -0.2) is 13.1 Å². The smallest absolute Gasteiger partial charge is 0.338 e. The number of halogens is 1. The summed E-state index contributed by atoms with van der Waals surface area (Å²) >= 11 is 6.21. The number of hydrogen-bond acceptors (Lipinski definition) is 3. The summed E-state index contributed by atoms with van der Waals surface area (Å²) in [5, 5.41) is 0.680. The first-order valence-corrected chi connectivity index (χ1v) is 8.48. The van der Waals surface area contributed by atoms with E-state index in [1.807, 2.05) is 32.0 Å². The van der Waals surface area contributed by atoms with Crippen molar-refractivity contribution < 1.29 is 14.3 Å². The van der Waals surface area contributed by atoms with Crippen LogP contribution in [0.5, 0.6) is 5.75 Å². The Hall–Kier alpha value is -2.00. The highest BCUT2D eigenvalue weighted by Crippen LogP contribution is 2.42. The normalized spacial score (nSPS) is 13.7. The van der Waals surface area contributed by atoms with Crippen molar-refractivity contribution >= 4 is 17.6 Å².